The molecule has 7 nitrogen and oxygen atoms in total. The summed E-state index contributed by atoms with van der Waals surface area (Å²) in [7, 11) is 0. The Morgan fingerprint density at radius 3 is 3.10 bits per heavy atom. The molecule has 3 rings (SSSR count). The zero-order valence-electron chi connectivity index (χ0n) is 12.4. The zero-order valence-corrected chi connectivity index (χ0v) is 12.4. The summed E-state index contributed by atoms with van der Waals surface area (Å²) >= 11 is 0. The highest BCUT2D eigenvalue weighted by Crippen LogP contribution is 2.39. The van der Waals surface area contributed by atoms with Crippen molar-refractivity contribution >= 4 is 17.5 Å². The van der Waals surface area contributed by atoms with Crippen molar-refractivity contribution in [2.75, 3.05) is 19.6 Å². The molecule has 0 radical (unpaired) electrons. The molecule has 2 fully saturated rings. The van der Waals surface area contributed by atoms with E-state index < -0.39 is 0 Å². The number of aromatic amines is 1. The lowest BCUT2D eigenvalue weighted by atomic mass is 10.2. The van der Waals surface area contributed by atoms with Crippen LogP contribution in [0.15, 0.2) is 11.1 Å². The first-order chi connectivity index (χ1) is 10.1. The van der Waals surface area contributed by atoms with Gasteiger partial charge in [-0.1, -0.05) is 0 Å². The van der Waals surface area contributed by atoms with Crippen molar-refractivity contribution in [1.82, 2.24) is 20.4 Å². The molecule has 2 heterocycles. The van der Waals surface area contributed by atoms with E-state index in [2.05, 4.69) is 32.3 Å². The van der Waals surface area contributed by atoms with E-state index in [-0.39, 0.29) is 0 Å². The quantitative estimate of drug-likeness (QED) is 0.489. The normalized spacial score (nSPS) is 23.4. The maximum atomic E-state index is 8.16. The number of rotatable bonds is 4. The minimum atomic E-state index is 0.373. The molecule has 1 saturated heterocycles. The maximum absolute atomic E-state index is 8.16. The Labute approximate surface area is 124 Å². The molecule has 0 aromatic carbocycles. The molecule has 0 spiro atoms. The monoisotopic (exact) mass is 289 g/mol. The number of hydrogen-bond donors (Lipinski definition) is 4. The van der Waals surface area contributed by atoms with Crippen molar-refractivity contribution in [3.05, 3.63) is 11.8 Å². The van der Waals surface area contributed by atoms with Crippen LogP contribution in [0.2, 0.25) is 0 Å². The first kappa shape index (κ1) is 14.1. The van der Waals surface area contributed by atoms with Crippen molar-refractivity contribution in [3.63, 3.8) is 0 Å². The Bertz CT molecular complexity index is 543. The van der Waals surface area contributed by atoms with Gasteiger partial charge in [-0.15, -0.1) is 0 Å². The van der Waals surface area contributed by atoms with Gasteiger partial charge in [0.25, 0.3) is 0 Å². The smallest absolute Gasteiger partial charge is 0.175 e. The average Bonchev–Trinajstić information content (AvgIpc) is 3.20. The molecule has 1 saturated carbocycles. The second-order valence-electron chi connectivity index (χ2n) is 5.98. The molecule has 1 atom stereocenters. The number of nitrogens with one attached hydrogen (secondary N) is 3. The van der Waals surface area contributed by atoms with Gasteiger partial charge in [0.1, 0.15) is 11.7 Å². The number of aliphatic imine (C=N–C) groups is 1. The standard InChI is InChI=1S/C14H23N7/c1-9-8-21(5-4-17-9)13(16)7-12(15)18-14-6-11(19-20-14)10-2-3-10/h6,9-10,16-17H,2-5,7-8H2,1H3,(H3,15,18,19,20). The van der Waals surface area contributed by atoms with Gasteiger partial charge in [-0.3, -0.25) is 10.5 Å². The molecule has 5 N–H and O–H groups in total. The highest BCUT2D eigenvalue weighted by Gasteiger charge is 2.25. The van der Waals surface area contributed by atoms with Crippen LogP contribution in [0.5, 0.6) is 0 Å². The maximum Gasteiger partial charge on any atom is 0.175 e. The van der Waals surface area contributed by atoms with E-state index in [1.807, 2.05) is 6.07 Å². The topological polar surface area (TPSA) is 106 Å². The summed E-state index contributed by atoms with van der Waals surface area (Å²) in [4.78, 5) is 6.37. The molecule has 1 aliphatic carbocycles. The minimum absolute atomic E-state index is 0.373. The fourth-order valence-electron chi connectivity index (χ4n) is 2.63. The molecule has 1 aromatic heterocycles. The van der Waals surface area contributed by atoms with Crippen LogP contribution in [0.1, 0.15) is 37.8 Å². The van der Waals surface area contributed by atoms with Crippen molar-refractivity contribution in [2.24, 2.45) is 10.7 Å². The minimum Gasteiger partial charge on any atom is -0.387 e. The van der Waals surface area contributed by atoms with Crippen LogP contribution in [0, 0.1) is 5.41 Å². The molecule has 0 amide bonds. The molecular weight excluding hydrogens is 266 g/mol. The number of piperazine rings is 1. The Hall–Kier alpha value is -1.89. The van der Waals surface area contributed by atoms with Gasteiger partial charge < -0.3 is 16.0 Å². The van der Waals surface area contributed by atoms with Crippen LogP contribution in [0.25, 0.3) is 0 Å². The third kappa shape index (κ3) is 3.60. The summed E-state index contributed by atoms with van der Waals surface area (Å²) in [5.74, 6) is 2.22. The van der Waals surface area contributed by atoms with Gasteiger partial charge >= 0.3 is 0 Å². The molecule has 7 heteroatoms. The highest BCUT2D eigenvalue weighted by molar-refractivity contribution is 6.01. The van der Waals surface area contributed by atoms with E-state index in [1.54, 1.807) is 0 Å². The van der Waals surface area contributed by atoms with E-state index in [0.717, 1.165) is 25.3 Å². The lowest BCUT2D eigenvalue weighted by molar-refractivity contribution is 0.299. The molecule has 0 bridgehead atoms. The second-order valence-corrected chi connectivity index (χ2v) is 5.98. The molecule has 1 aliphatic heterocycles. The molecule has 114 valence electrons. The van der Waals surface area contributed by atoms with Crippen molar-refractivity contribution in [3.8, 4) is 0 Å². The average molecular weight is 289 g/mol. The van der Waals surface area contributed by atoms with Crippen LogP contribution in [-0.4, -0.2) is 52.4 Å². The van der Waals surface area contributed by atoms with Gasteiger partial charge in [-0.25, -0.2) is 4.99 Å². The van der Waals surface area contributed by atoms with Gasteiger partial charge in [0.2, 0.25) is 0 Å². The van der Waals surface area contributed by atoms with Crippen molar-refractivity contribution in [2.45, 2.75) is 38.1 Å². The van der Waals surface area contributed by atoms with Crippen LogP contribution in [0.4, 0.5) is 5.82 Å². The lowest BCUT2D eigenvalue weighted by Crippen LogP contribution is -2.51. The molecule has 21 heavy (non-hydrogen) atoms. The summed E-state index contributed by atoms with van der Waals surface area (Å²) in [5.41, 5.74) is 7.11. The third-order valence-electron chi connectivity index (χ3n) is 3.96. The fourth-order valence-corrected chi connectivity index (χ4v) is 2.63. The molecular formula is C14H23N7. The van der Waals surface area contributed by atoms with Gasteiger partial charge in [0.15, 0.2) is 5.82 Å². The summed E-state index contributed by atoms with van der Waals surface area (Å²) in [6.07, 6.45) is 2.83. The van der Waals surface area contributed by atoms with Crippen molar-refractivity contribution in [1.29, 1.82) is 5.41 Å². The lowest BCUT2D eigenvalue weighted by Gasteiger charge is -2.33. The largest absolute Gasteiger partial charge is 0.387 e. The Morgan fingerprint density at radius 2 is 2.38 bits per heavy atom. The second kappa shape index (κ2) is 5.85. The van der Waals surface area contributed by atoms with Gasteiger partial charge in [-0.2, -0.15) is 5.10 Å². The van der Waals surface area contributed by atoms with Crippen LogP contribution in [0.3, 0.4) is 0 Å². The van der Waals surface area contributed by atoms with E-state index in [4.69, 9.17) is 11.1 Å². The summed E-state index contributed by atoms with van der Waals surface area (Å²) in [6, 6.07) is 2.37. The van der Waals surface area contributed by atoms with Crippen LogP contribution < -0.4 is 11.1 Å². The first-order valence-electron chi connectivity index (χ1n) is 7.56. The van der Waals surface area contributed by atoms with E-state index in [1.165, 1.54) is 12.8 Å². The van der Waals surface area contributed by atoms with Crippen LogP contribution >= 0.6 is 0 Å². The SMILES string of the molecule is CC1CN(C(=N)CC(N)=Nc2cc(C3CC3)[nH]n2)CCN1. The predicted octanol–water partition coefficient (Wildman–Crippen LogP) is 0.937. The molecule has 1 unspecified atom stereocenters. The Balaban J connectivity index is 1.57. The summed E-state index contributed by atoms with van der Waals surface area (Å²) in [5, 5.41) is 18.7. The van der Waals surface area contributed by atoms with E-state index in [0.29, 0.717) is 35.9 Å². The number of amidine groups is 2. The fraction of sp³-hybridized carbons (Fsp3) is 0.643. The number of nitrogens with zero attached hydrogens (tertiary/aromatic N) is 3. The first-order valence-corrected chi connectivity index (χ1v) is 7.56. The van der Waals surface area contributed by atoms with Gasteiger partial charge in [-0.05, 0) is 19.8 Å². The Morgan fingerprint density at radius 1 is 1.57 bits per heavy atom. The highest BCUT2D eigenvalue weighted by atomic mass is 15.2. The number of hydrogen-bond acceptors (Lipinski definition) is 4. The summed E-state index contributed by atoms with van der Waals surface area (Å²) in [6.45, 7) is 4.73. The van der Waals surface area contributed by atoms with Gasteiger partial charge in [0.05, 0.1) is 6.42 Å². The van der Waals surface area contributed by atoms with E-state index in [9.17, 15) is 0 Å². The molecule has 2 aliphatic rings. The zero-order chi connectivity index (χ0) is 14.8. The Kier molecular flexibility index (Phi) is 3.92. The van der Waals surface area contributed by atoms with Crippen LogP contribution in [-0.2, 0) is 0 Å². The molecule has 1 aromatic rings. The summed E-state index contributed by atoms with van der Waals surface area (Å²) < 4.78 is 0. The van der Waals surface area contributed by atoms with E-state index >= 15 is 0 Å². The predicted molar refractivity (Wildman–Crippen MR) is 83.2 cm³/mol. The number of nitrogens with two attached hydrogens (primary N) is 1. The number of H-pyrrole nitrogens is 1. The number of aromatic nitrogens is 2. The van der Waals surface area contributed by atoms with Gasteiger partial charge in [0, 0.05) is 43.4 Å². The third-order valence-corrected chi connectivity index (χ3v) is 3.96. The van der Waals surface area contributed by atoms with Crippen molar-refractivity contribution < 1.29 is 0 Å².